The molecule has 1 fully saturated rings. The zero-order valence-corrected chi connectivity index (χ0v) is 37.1. The molecule has 15 nitrogen and oxygen atoms in total. The fourth-order valence-electron chi connectivity index (χ4n) is 8.15. The summed E-state index contributed by atoms with van der Waals surface area (Å²) in [6.45, 7) is 15.5. The second-order valence-electron chi connectivity index (χ2n) is 16.3. The summed E-state index contributed by atoms with van der Waals surface area (Å²) in [6, 6.07) is 4.12. The third-order valence-corrected chi connectivity index (χ3v) is 11.5. The van der Waals surface area contributed by atoms with Crippen LogP contribution in [0.3, 0.4) is 0 Å². The Labute approximate surface area is 341 Å². The first-order chi connectivity index (χ1) is 26.8. The van der Waals surface area contributed by atoms with E-state index in [0.29, 0.717) is 24.2 Å². The van der Waals surface area contributed by atoms with Crippen LogP contribution in [-0.2, 0) is 33.4 Å². The van der Waals surface area contributed by atoms with Gasteiger partial charge in [-0.25, -0.2) is 0 Å². The topological polar surface area (TPSA) is 172 Å². The predicted octanol–water partition coefficient (Wildman–Crippen LogP) is 3.65. The second-order valence-corrected chi connectivity index (χ2v) is 16.3. The smallest absolute Gasteiger partial charge is 0.245 e. The summed E-state index contributed by atoms with van der Waals surface area (Å²) in [5.41, 5.74) is 0.835. The first kappa shape index (κ1) is 49.4. The average Bonchev–Trinajstić information content (AvgIpc) is 3.60. The minimum Gasteiger partial charge on any atom is -0.497 e. The number of ether oxygens (including phenoxy) is 4. The Hall–Kier alpha value is -3.79. The highest BCUT2D eigenvalue weighted by atomic mass is 16.5. The molecule has 3 N–H and O–H groups in total. The zero-order chi connectivity index (χ0) is 43.3. The summed E-state index contributed by atoms with van der Waals surface area (Å²) in [5.74, 6) is -1.43. The molecule has 57 heavy (non-hydrogen) atoms. The van der Waals surface area contributed by atoms with E-state index in [2.05, 4.69) is 15.8 Å². The molecule has 0 saturated carbocycles. The number of benzene rings is 1. The molecule has 2 rings (SSSR count). The van der Waals surface area contributed by atoms with E-state index in [0.717, 1.165) is 0 Å². The van der Waals surface area contributed by atoms with Gasteiger partial charge in [0.2, 0.25) is 23.6 Å². The standard InChI is InChI=1S/C42H72N6O9/c1-16-26(6)38(47(11)42(52)35(24(2)3)44-41(51)37(25(4)5)46(9)10)33(56-14)22-34(49)48-23-31(55-13)21-32(48)39(57-15)27(7)40(50)43-28(8)36(45-53)29-18-17-19-30(20-29)54-12/h17-20,24-28,31-33,35,37-39,53H,16,21-23H2,1-15H3,(H,43,50)(H,44,51)/t26-,27+,28+,31+,32+,33+,35-,37-,38-,39+/m0/s1. The molecule has 1 aliphatic rings. The molecular weight excluding hydrogens is 732 g/mol. The Morgan fingerprint density at radius 1 is 0.930 bits per heavy atom. The van der Waals surface area contributed by atoms with Crippen molar-refractivity contribution >= 4 is 29.3 Å². The molecule has 1 saturated heterocycles. The van der Waals surface area contributed by atoms with E-state index < -0.39 is 48.3 Å². The molecular formula is C42H72N6O9. The number of nitrogens with zero attached hydrogens (tertiary/aromatic N) is 4. The number of amides is 4. The third-order valence-electron chi connectivity index (χ3n) is 11.5. The summed E-state index contributed by atoms with van der Waals surface area (Å²) in [4.78, 5) is 61.2. The van der Waals surface area contributed by atoms with Gasteiger partial charge in [0.15, 0.2) is 0 Å². The molecule has 0 radical (unpaired) electrons. The van der Waals surface area contributed by atoms with Gasteiger partial charge in [-0.1, -0.05) is 72.2 Å². The Bertz CT molecular complexity index is 1480. The lowest BCUT2D eigenvalue weighted by atomic mass is 9.89. The molecule has 0 aliphatic carbocycles. The highest BCUT2D eigenvalue weighted by Crippen LogP contribution is 2.31. The van der Waals surface area contributed by atoms with E-state index in [9.17, 15) is 24.4 Å². The van der Waals surface area contributed by atoms with Crippen molar-refractivity contribution in [1.29, 1.82) is 0 Å². The summed E-state index contributed by atoms with van der Waals surface area (Å²) < 4.78 is 23.1. The van der Waals surface area contributed by atoms with Crippen molar-refractivity contribution in [2.75, 3.05) is 56.1 Å². The quantitative estimate of drug-likeness (QED) is 0.0894. The highest BCUT2D eigenvalue weighted by Gasteiger charge is 2.46. The van der Waals surface area contributed by atoms with Gasteiger partial charge < -0.3 is 44.6 Å². The molecule has 1 aromatic rings. The van der Waals surface area contributed by atoms with Gasteiger partial charge in [0, 0.05) is 40.5 Å². The lowest BCUT2D eigenvalue weighted by Gasteiger charge is -2.41. The highest BCUT2D eigenvalue weighted by molar-refractivity contribution is 6.05. The molecule has 1 heterocycles. The number of methoxy groups -OCH3 is 4. The number of likely N-dealkylation sites (tertiary alicyclic amines) is 1. The van der Waals surface area contributed by atoms with Crippen LogP contribution in [0.1, 0.15) is 80.2 Å². The van der Waals surface area contributed by atoms with Gasteiger partial charge in [0.25, 0.3) is 0 Å². The second kappa shape index (κ2) is 23.0. The molecule has 0 unspecified atom stereocenters. The maximum Gasteiger partial charge on any atom is 0.245 e. The fraction of sp³-hybridized carbons (Fsp3) is 0.738. The van der Waals surface area contributed by atoms with Crippen molar-refractivity contribution in [3.8, 4) is 5.75 Å². The van der Waals surface area contributed by atoms with E-state index in [1.54, 1.807) is 62.1 Å². The van der Waals surface area contributed by atoms with Crippen molar-refractivity contribution in [1.82, 2.24) is 25.3 Å². The molecule has 0 bridgehead atoms. The summed E-state index contributed by atoms with van der Waals surface area (Å²) in [7, 11) is 11.6. The molecule has 10 atom stereocenters. The van der Waals surface area contributed by atoms with Crippen molar-refractivity contribution in [3.05, 3.63) is 29.8 Å². The first-order valence-corrected chi connectivity index (χ1v) is 20.1. The van der Waals surface area contributed by atoms with Crippen LogP contribution < -0.4 is 15.4 Å². The molecule has 0 spiro atoms. The van der Waals surface area contributed by atoms with Gasteiger partial charge in [0.1, 0.15) is 17.5 Å². The van der Waals surface area contributed by atoms with Gasteiger partial charge in [-0.2, -0.15) is 0 Å². The summed E-state index contributed by atoms with van der Waals surface area (Å²) in [6.07, 6.45) is -0.597. The maximum absolute atomic E-state index is 14.4. The Morgan fingerprint density at radius 2 is 1.58 bits per heavy atom. The Morgan fingerprint density at radius 3 is 2.07 bits per heavy atom. The fourth-order valence-corrected chi connectivity index (χ4v) is 8.15. The molecule has 15 heteroatoms. The Balaban J connectivity index is 2.36. The molecule has 0 aromatic heterocycles. The number of likely N-dealkylation sites (N-methyl/N-ethyl adjacent to an activating group) is 2. The number of nitrogens with one attached hydrogen (secondary N) is 2. The van der Waals surface area contributed by atoms with Crippen molar-refractivity contribution in [2.24, 2.45) is 28.8 Å². The summed E-state index contributed by atoms with van der Waals surface area (Å²) >= 11 is 0. The lowest BCUT2D eigenvalue weighted by Crippen LogP contribution is -2.59. The minimum atomic E-state index is -0.790. The number of oxime groups is 1. The van der Waals surface area contributed by atoms with Crippen molar-refractivity contribution in [2.45, 2.75) is 123 Å². The van der Waals surface area contributed by atoms with E-state index in [1.165, 1.54) is 21.3 Å². The van der Waals surface area contributed by atoms with E-state index >= 15 is 0 Å². The number of hydrogen-bond acceptors (Lipinski definition) is 11. The lowest BCUT2D eigenvalue weighted by molar-refractivity contribution is -0.148. The first-order valence-electron chi connectivity index (χ1n) is 20.1. The molecule has 1 aliphatic heterocycles. The van der Waals surface area contributed by atoms with Crippen LogP contribution in [0.5, 0.6) is 5.75 Å². The zero-order valence-electron chi connectivity index (χ0n) is 37.1. The molecule has 1 aromatic carbocycles. The largest absolute Gasteiger partial charge is 0.497 e. The average molecular weight is 805 g/mol. The number of hydrogen-bond donors (Lipinski definition) is 3. The van der Waals surface area contributed by atoms with E-state index in [1.807, 2.05) is 60.5 Å². The summed E-state index contributed by atoms with van der Waals surface area (Å²) in [5, 5.41) is 19.3. The maximum atomic E-state index is 14.4. The van der Waals surface area contributed by atoms with Crippen LogP contribution in [0.25, 0.3) is 0 Å². The van der Waals surface area contributed by atoms with Crippen LogP contribution >= 0.6 is 0 Å². The van der Waals surface area contributed by atoms with Gasteiger partial charge in [-0.3, -0.25) is 24.1 Å². The van der Waals surface area contributed by atoms with Gasteiger partial charge in [-0.15, -0.1) is 0 Å². The van der Waals surface area contributed by atoms with E-state index in [-0.39, 0.29) is 66.2 Å². The van der Waals surface area contributed by atoms with Crippen LogP contribution in [0.2, 0.25) is 0 Å². The number of carbonyl (C=O) groups excluding carboxylic acids is 4. The van der Waals surface area contributed by atoms with E-state index in [4.69, 9.17) is 18.9 Å². The van der Waals surface area contributed by atoms with Gasteiger partial charge in [0.05, 0.1) is 61.9 Å². The number of rotatable bonds is 22. The number of carbonyl (C=O) groups is 4. The SMILES string of the molecule is CC[C@H](C)[C@@H]([C@@H](CC(=O)N1C[C@H](OC)C[C@@H]1[C@H](OC)[C@@H](C)C(=O)N[C@H](C)C(=NO)c1cccc(OC)c1)OC)N(C)C(=O)[C@@H](NC(=O)[C@H](C(C)C)N(C)C)C(C)C. The predicted molar refractivity (Wildman–Crippen MR) is 220 cm³/mol. The van der Waals surface area contributed by atoms with Gasteiger partial charge >= 0.3 is 0 Å². The van der Waals surface area contributed by atoms with Crippen LogP contribution in [0, 0.1) is 23.7 Å². The van der Waals surface area contributed by atoms with Crippen molar-refractivity contribution < 1.29 is 43.3 Å². The molecule has 4 amide bonds. The monoisotopic (exact) mass is 805 g/mol. The van der Waals surface area contributed by atoms with Crippen LogP contribution in [0.4, 0.5) is 0 Å². The van der Waals surface area contributed by atoms with Crippen molar-refractivity contribution in [3.63, 3.8) is 0 Å². The minimum absolute atomic E-state index is 0.0291. The molecule has 324 valence electrons. The third kappa shape index (κ3) is 12.6. The van der Waals surface area contributed by atoms with Gasteiger partial charge in [-0.05, 0) is 57.3 Å². The van der Waals surface area contributed by atoms with Crippen LogP contribution in [-0.4, -0.2) is 154 Å². The normalized spacial score (nSPS) is 20.4. The van der Waals surface area contributed by atoms with Crippen LogP contribution in [0.15, 0.2) is 29.4 Å². The Kier molecular flexibility index (Phi) is 19.9.